The quantitative estimate of drug-likeness (QED) is 0.611. The molecule has 0 unspecified atom stereocenters. The van der Waals surface area contributed by atoms with Gasteiger partial charge >= 0.3 is 0 Å². The molecule has 0 aliphatic carbocycles. The number of imidazole rings is 1. The van der Waals surface area contributed by atoms with E-state index >= 15 is 0 Å². The summed E-state index contributed by atoms with van der Waals surface area (Å²) < 4.78 is 2.06. The summed E-state index contributed by atoms with van der Waals surface area (Å²) >= 11 is 0. The molecule has 0 bridgehead atoms. The van der Waals surface area contributed by atoms with Crippen molar-refractivity contribution in [2.24, 2.45) is 0 Å². The standard InChI is InChI=1S/C13H11N5O2/c14-8-10-7-11(18(19)20)1-2-12(10)17-6-5-16-4-3-15-13(16)9-17/h1-4,7H,5-6,9H2. The molecule has 0 atom stereocenters. The van der Waals surface area contributed by atoms with Gasteiger partial charge in [-0.1, -0.05) is 0 Å². The van der Waals surface area contributed by atoms with Crippen molar-refractivity contribution in [2.75, 3.05) is 11.4 Å². The molecular weight excluding hydrogens is 258 g/mol. The van der Waals surface area contributed by atoms with Gasteiger partial charge in [0.2, 0.25) is 0 Å². The molecule has 1 aliphatic rings. The molecule has 0 radical (unpaired) electrons. The normalized spacial score (nSPS) is 13.7. The topological polar surface area (TPSA) is 88.0 Å². The number of rotatable bonds is 2. The van der Waals surface area contributed by atoms with Crippen molar-refractivity contribution in [3.8, 4) is 6.07 Å². The van der Waals surface area contributed by atoms with Crippen molar-refractivity contribution in [1.82, 2.24) is 9.55 Å². The molecule has 2 aromatic rings. The van der Waals surface area contributed by atoms with Crippen LogP contribution in [0, 0.1) is 21.4 Å². The lowest BCUT2D eigenvalue weighted by molar-refractivity contribution is -0.384. The van der Waals surface area contributed by atoms with Crippen molar-refractivity contribution in [2.45, 2.75) is 13.1 Å². The van der Waals surface area contributed by atoms with E-state index in [9.17, 15) is 15.4 Å². The van der Waals surface area contributed by atoms with E-state index < -0.39 is 4.92 Å². The molecule has 20 heavy (non-hydrogen) atoms. The lowest BCUT2D eigenvalue weighted by Crippen LogP contribution is -2.34. The van der Waals surface area contributed by atoms with E-state index in [1.54, 1.807) is 12.3 Å². The van der Waals surface area contributed by atoms with Crippen LogP contribution in [0.25, 0.3) is 0 Å². The largest absolute Gasteiger partial charge is 0.361 e. The van der Waals surface area contributed by atoms with Crippen LogP contribution in [0.1, 0.15) is 11.4 Å². The second kappa shape index (κ2) is 4.66. The number of nitrogens with zero attached hydrogens (tertiary/aromatic N) is 5. The van der Waals surface area contributed by atoms with E-state index in [1.807, 2.05) is 17.2 Å². The molecule has 0 saturated heterocycles. The third-order valence-electron chi connectivity index (χ3n) is 3.40. The van der Waals surface area contributed by atoms with Crippen LogP contribution in [0.4, 0.5) is 11.4 Å². The fourth-order valence-electron chi connectivity index (χ4n) is 2.38. The molecule has 1 aromatic carbocycles. The Morgan fingerprint density at radius 1 is 1.40 bits per heavy atom. The smallest absolute Gasteiger partial charge is 0.270 e. The molecule has 3 rings (SSSR count). The fraction of sp³-hybridized carbons (Fsp3) is 0.231. The predicted octanol–water partition coefficient (Wildman–Crippen LogP) is 1.68. The highest BCUT2D eigenvalue weighted by molar-refractivity contribution is 5.63. The Morgan fingerprint density at radius 3 is 3.00 bits per heavy atom. The second-order valence-corrected chi connectivity index (χ2v) is 4.53. The third-order valence-corrected chi connectivity index (χ3v) is 3.40. The number of nitriles is 1. The fourth-order valence-corrected chi connectivity index (χ4v) is 2.38. The Hall–Kier alpha value is -2.88. The summed E-state index contributed by atoms with van der Waals surface area (Å²) in [4.78, 5) is 16.5. The average Bonchev–Trinajstić information content (AvgIpc) is 2.93. The van der Waals surface area contributed by atoms with Gasteiger partial charge in [0, 0.05) is 37.6 Å². The Bertz CT molecular complexity index is 716. The van der Waals surface area contributed by atoms with E-state index in [2.05, 4.69) is 9.55 Å². The molecule has 1 aliphatic heterocycles. The first-order chi connectivity index (χ1) is 9.69. The zero-order valence-electron chi connectivity index (χ0n) is 10.6. The molecule has 0 N–H and O–H groups in total. The van der Waals surface area contributed by atoms with Crippen molar-refractivity contribution in [3.63, 3.8) is 0 Å². The van der Waals surface area contributed by atoms with Gasteiger partial charge in [0.05, 0.1) is 22.7 Å². The Kier molecular flexibility index (Phi) is 2.84. The summed E-state index contributed by atoms with van der Waals surface area (Å²) in [7, 11) is 0. The highest BCUT2D eigenvalue weighted by atomic mass is 16.6. The minimum Gasteiger partial charge on any atom is -0.361 e. The molecule has 0 spiro atoms. The number of anilines is 1. The van der Waals surface area contributed by atoms with Crippen LogP contribution >= 0.6 is 0 Å². The first-order valence-corrected chi connectivity index (χ1v) is 6.12. The number of hydrogen-bond donors (Lipinski definition) is 0. The van der Waals surface area contributed by atoms with Gasteiger partial charge in [-0.15, -0.1) is 0 Å². The van der Waals surface area contributed by atoms with Gasteiger partial charge in [0.15, 0.2) is 0 Å². The van der Waals surface area contributed by atoms with Gasteiger partial charge < -0.3 is 9.47 Å². The molecule has 0 amide bonds. The number of nitro groups is 1. The first kappa shape index (κ1) is 12.2. The number of fused-ring (bicyclic) bond motifs is 1. The summed E-state index contributed by atoms with van der Waals surface area (Å²) in [5.74, 6) is 0.929. The van der Waals surface area contributed by atoms with Gasteiger partial charge in [-0.3, -0.25) is 10.1 Å². The second-order valence-electron chi connectivity index (χ2n) is 4.53. The predicted molar refractivity (Wildman–Crippen MR) is 71.1 cm³/mol. The maximum Gasteiger partial charge on any atom is 0.270 e. The van der Waals surface area contributed by atoms with Gasteiger partial charge in [-0.2, -0.15) is 5.26 Å². The Morgan fingerprint density at radius 2 is 2.25 bits per heavy atom. The summed E-state index contributed by atoms with van der Waals surface area (Å²) in [5, 5.41) is 19.9. The summed E-state index contributed by atoms with van der Waals surface area (Å²) in [6, 6.07) is 6.41. The lowest BCUT2D eigenvalue weighted by atomic mass is 10.1. The molecule has 1 aromatic heterocycles. The number of nitro benzene ring substituents is 1. The van der Waals surface area contributed by atoms with E-state index in [4.69, 9.17) is 0 Å². The van der Waals surface area contributed by atoms with Crippen LogP contribution in [0.5, 0.6) is 0 Å². The van der Waals surface area contributed by atoms with Gasteiger partial charge in [0.1, 0.15) is 11.9 Å². The Labute approximate surface area is 114 Å². The molecule has 7 heteroatoms. The number of hydrogen-bond acceptors (Lipinski definition) is 5. The van der Waals surface area contributed by atoms with Crippen LogP contribution in [-0.2, 0) is 13.1 Å². The van der Waals surface area contributed by atoms with Crippen molar-refractivity contribution in [1.29, 1.82) is 5.26 Å². The minimum absolute atomic E-state index is 0.0659. The van der Waals surface area contributed by atoms with E-state index in [-0.39, 0.29) is 5.69 Å². The van der Waals surface area contributed by atoms with Crippen molar-refractivity contribution >= 4 is 11.4 Å². The summed E-state index contributed by atoms with van der Waals surface area (Å²) in [6.07, 6.45) is 3.67. The first-order valence-electron chi connectivity index (χ1n) is 6.12. The molecule has 7 nitrogen and oxygen atoms in total. The maximum atomic E-state index is 10.8. The average molecular weight is 269 g/mol. The highest BCUT2D eigenvalue weighted by Crippen LogP contribution is 2.27. The molecular formula is C13H11N5O2. The van der Waals surface area contributed by atoms with E-state index in [0.717, 1.165) is 18.9 Å². The van der Waals surface area contributed by atoms with Crippen LogP contribution in [0.2, 0.25) is 0 Å². The molecule has 0 fully saturated rings. The van der Waals surface area contributed by atoms with Crippen LogP contribution in [0.3, 0.4) is 0 Å². The van der Waals surface area contributed by atoms with E-state index in [0.29, 0.717) is 17.8 Å². The van der Waals surface area contributed by atoms with Crippen LogP contribution in [-0.4, -0.2) is 21.0 Å². The summed E-state index contributed by atoms with van der Waals surface area (Å²) in [6.45, 7) is 2.13. The SMILES string of the molecule is N#Cc1cc([N+](=O)[O-])ccc1N1CCn2ccnc2C1. The summed E-state index contributed by atoms with van der Waals surface area (Å²) in [5.41, 5.74) is 0.968. The van der Waals surface area contributed by atoms with Gasteiger partial charge in [0.25, 0.3) is 5.69 Å². The number of non-ortho nitro benzene ring substituents is 1. The van der Waals surface area contributed by atoms with Crippen LogP contribution in [0.15, 0.2) is 30.6 Å². The van der Waals surface area contributed by atoms with Crippen molar-refractivity contribution in [3.05, 3.63) is 52.1 Å². The zero-order valence-corrected chi connectivity index (χ0v) is 10.6. The monoisotopic (exact) mass is 269 g/mol. The minimum atomic E-state index is -0.493. The maximum absolute atomic E-state index is 10.8. The Balaban J connectivity index is 1.95. The molecule has 2 heterocycles. The van der Waals surface area contributed by atoms with E-state index in [1.165, 1.54) is 12.1 Å². The van der Waals surface area contributed by atoms with Crippen LogP contribution < -0.4 is 4.90 Å². The number of benzene rings is 1. The van der Waals surface area contributed by atoms with Gasteiger partial charge in [-0.25, -0.2) is 4.98 Å². The zero-order chi connectivity index (χ0) is 14.1. The lowest BCUT2D eigenvalue weighted by Gasteiger charge is -2.30. The molecule has 100 valence electrons. The highest BCUT2D eigenvalue weighted by Gasteiger charge is 2.20. The van der Waals surface area contributed by atoms with Gasteiger partial charge in [-0.05, 0) is 6.07 Å². The molecule has 0 saturated carbocycles. The van der Waals surface area contributed by atoms with Crippen molar-refractivity contribution < 1.29 is 4.92 Å². The number of aromatic nitrogens is 2. The third kappa shape index (κ3) is 1.97.